The average molecular weight is 639 g/mol. The van der Waals surface area contributed by atoms with Crippen LogP contribution >= 0.6 is 0 Å². The molecule has 0 bridgehead atoms. The molecule has 0 saturated heterocycles. The number of fused-ring (bicyclic) bond motifs is 6. The quantitative estimate of drug-likeness (QED) is 0.188. The zero-order valence-corrected chi connectivity index (χ0v) is 27.1. The van der Waals surface area contributed by atoms with E-state index >= 15 is 0 Å². The molecule has 0 saturated carbocycles. The minimum Gasteiger partial charge on any atom is -0.438 e. The van der Waals surface area contributed by atoms with Gasteiger partial charge in [-0.25, -0.2) is 0 Å². The van der Waals surface area contributed by atoms with Crippen molar-refractivity contribution in [3.63, 3.8) is 0 Å². The van der Waals surface area contributed by atoms with E-state index in [1.807, 2.05) is 0 Å². The molecule has 0 atom stereocenters. The molecule has 0 N–H and O–H groups in total. The molecular weight excluding hydrogens is 609 g/mol. The van der Waals surface area contributed by atoms with Crippen LogP contribution in [0, 0.1) is 0 Å². The van der Waals surface area contributed by atoms with Gasteiger partial charge in [-0.2, -0.15) is 4.98 Å². The minimum absolute atomic E-state index is 0.623. The maximum absolute atomic E-state index is 6.41. The van der Waals surface area contributed by atoms with E-state index in [1.165, 1.54) is 49.2 Å². The Morgan fingerprint density at radius 2 is 0.820 bits per heavy atom. The van der Waals surface area contributed by atoms with Crippen LogP contribution in [0.1, 0.15) is 0 Å². The van der Waals surface area contributed by atoms with Crippen molar-refractivity contribution in [3.05, 3.63) is 182 Å². The normalized spacial score (nSPS) is 11.6. The summed E-state index contributed by atoms with van der Waals surface area (Å²) in [5, 5.41) is 9.37. The highest BCUT2D eigenvalue weighted by Gasteiger charge is 2.18. The smallest absolute Gasteiger partial charge is 0.229 e. The SMILES string of the molecule is c1ccc2cc(-c3ccc(N(c4ccc(-c5ccc6ccccc6c5)cc4)c4ccc5c(n4)oc4cc6ccccc6cc45)cc3)ccc2c1. The number of nitrogens with zero attached hydrogens (tertiary/aromatic N) is 2. The number of benzene rings is 8. The van der Waals surface area contributed by atoms with Crippen molar-refractivity contribution in [2.75, 3.05) is 4.90 Å². The van der Waals surface area contributed by atoms with Crippen molar-refractivity contribution >= 4 is 71.6 Å². The summed E-state index contributed by atoms with van der Waals surface area (Å²) in [6, 6.07) is 64.7. The lowest BCUT2D eigenvalue weighted by Gasteiger charge is -2.24. The van der Waals surface area contributed by atoms with E-state index in [0.29, 0.717) is 5.71 Å². The Morgan fingerprint density at radius 1 is 0.360 bits per heavy atom. The number of aromatic nitrogens is 1. The third-order valence-corrected chi connectivity index (χ3v) is 9.84. The molecule has 50 heavy (non-hydrogen) atoms. The number of anilines is 3. The Morgan fingerprint density at radius 3 is 1.36 bits per heavy atom. The first-order chi connectivity index (χ1) is 24.7. The largest absolute Gasteiger partial charge is 0.438 e. The highest BCUT2D eigenvalue weighted by Crippen LogP contribution is 2.39. The Bertz CT molecular complexity index is 2750. The molecule has 0 amide bonds. The molecule has 234 valence electrons. The van der Waals surface area contributed by atoms with Crippen molar-refractivity contribution < 1.29 is 4.42 Å². The second kappa shape index (κ2) is 11.5. The van der Waals surface area contributed by atoms with Crippen molar-refractivity contribution in [1.29, 1.82) is 0 Å². The molecule has 10 aromatic rings. The zero-order valence-electron chi connectivity index (χ0n) is 27.1. The lowest BCUT2D eigenvalue weighted by Crippen LogP contribution is -2.11. The topological polar surface area (TPSA) is 29.3 Å². The van der Waals surface area contributed by atoms with E-state index in [0.717, 1.165) is 38.9 Å². The summed E-state index contributed by atoms with van der Waals surface area (Å²) in [4.78, 5) is 7.35. The van der Waals surface area contributed by atoms with E-state index in [9.17, 15) is 0 Å². The molecule has 0 spiro atoms. The summed E-state index contributed by atoms with van der Waals surface area (Å²) in [6.45, 7) is 0. The minimum atomic E-state index is 0.623. The fourth-order valence-corrected chi connectivity index (χ4v) is 7.21. The highest BCUT2D eigenvalue weighted by molar-refractivity contribution is 6.09. The van der Waals surface area contributed by atoms with Crippen molar-refractivity contribution in [3.8, 4) is 22.3 Å². The zero-order chi connectivity index (χ0) is 33.0. The lowest BCUT2D eigenvalue weighted by atomic mass is 10.0. The Kier molecular flexibility index (Phi) is 6.49. The van der Waals surface area contributed by atoms with E-state index in [4.69, 9.17) is 9.40 Å². The molecular formula is C47H30N2O. The fraction of sp³-hybridized carbons (Fsp3) is 0. The van der Waals surface area contributed by atoms with Gasteiger partial charge in [0.2, 0.25) is 5.71 Å². The molecule has 2 aromatic heterocycles. The molecule has 0 radical (unpaired) electrons. The van der Waals surface area contributed by atoms with Crippen LogP contribution in [-0.4, -0.2) is 4.98 Å². The molecule has 0 aliphatic carbocycles. The second-order valence-corrected chi connectivity index (χ2v) is 12.9. The first kappa shape index (κ1) is 28.3. The monoisotopic (exact) mass is 638 g/mol. The molecule has 3 nitrogen and oxygen atoms in total. The Balaban J connectivity index is 1.08. The number of furan rings is 1. The Labute approximate surface area is 289 Å². The molecule has 10 rings (SSSR count). The molecule has 8 aromatic carbocycles. The maximum atomic E-state index is 6.41. The van der Waals surface area contributed by atoms with Crippen LogP contribution in [-0.2, 0) is 0 Å². The summed E-state index contributed by atoms with van der Waals surface area (Å²) in [7, 11) is 0. The molecule has 2 heterocycles. The number of hydrogen-bond acceptors (Lipinski definition) is 3. The summed E-state index contributed by atoms with van der Waals surface area (Å²) in [5.74, 6) is 0.790. The van der Waals surface area contributed by atoms with E-state index in [-0.39, 0.29) is 0 Å². The average Bonchev–Trinajstić information content (AvgIpc) is 3.53. The van der Waals surface area contributed by atoms with Crippen LogP contribution in [0.15, 0.2) is 186 Å². The first-order valence-electron chi connectivity index (χ1n) is 16.9. The van der Waals surface area contributed by atoms with Crippen LogP contribution in [0.5, 0.6) is 0 Å². The van der Waals surface area contributed by atoms with E-state index in [2.05, 4.69) is 187 Å². The van der Waals surface area contributed by atoms with Gasteiger partial charge < -0.3 is 4.42 Å². The molecule has 3 heteroatoms. The van der Waals surface area contributed by atoms with Crippen LogP contribution in [0.3, 0.4) is 0 Å². The fourth-order valence-electron chi connectivity index (χ4n) is 7.21. The van der Waals surface area contributed by atoms with Crippen molar-refractivity contribution in [2.24, 2.45) is 0 Å². The lowest BCUT2D eigenvalue weighted by molar-refractivity contribution is 0.655. The highest BCUT2D eigenvalue weighted by atomic mass is 16.3. The van der Waals surface area contributed by atoms with Crippen molar-refractivity contribution in [1.82, 2.24) is 4.98 Å². The van der Waals surface area contributed by atoms with Crippen LogP contribution in [0.25, 0.3) is 76.6 Å². The molecule has 0 fully saturated rings. The van der Waals surface area contributed by atoms with Gasteiger partial charge in [-0.1, -0.05) is 121 Å². The summed E-state index contributed by atoms with van der Waals surface area (Å²) in [6.07, 6.45) is 0. The molecule has 0 aliphatic heterocycles. The van der Waals surface area contributed by atoms with Gasteiger partial charge in [0.25, 0.3) is 0 Å². The summed E-state index contributed by atoms with van der Waals surface area (Å²) in [5.41, 5.74) is 8.21. The third-order valence-electron chi connectivity index (χ3n) is 9.84. The van der Waals surface area contributed by atoms with Crippen LogP contribution < -0.4 is 4.90 Å². The van der Waals surface area contributed by atoms with Gasteiger partial charge in [-0.05, 0) is 115 Å². The number of pyridine rings is 1. The van der Waals surface area contributed by atoms with Gasteiger partial charge in [0.05, 0.1) is 0 Å². The predicted molar refractivity (Wildman–Crippen MR) is 210 cm³/mol. The van der Waals surface area contributed by atoms with E-state index in [1.54, 1.807) is 0 Å². The van der Waals surface area contributed by atoms with Gasteiger partial charge in [-0.15, -0.1) is 0 Å². The second-order valence-electron chi connectivity index (χ2n) is 12.9. The van der Waals surface area contributed by atoms with Gasteiger partial charge in [0, 0.05) is 22.1 Å². The summed E-state index contributed by atoms with van der Waals surface area (Å²) >= 11 is 0. The number of hydrogen-bond donors (Lipinski definition) is 0. The van der Waals surface area contributed by atoms with Crippen LogP contribution in [0.4, 0.5) is 17.2 Å². The standard InChI is InChI=1S/C47H30N2O/c1-3-9-35-27-39(15-13-31(35)7-1)33-17-21-41(22-18-33)49(42-23-19-34(20-24-42)40-16-14-32-8-2-4-10-36(32)28-40)46-26-25-43-44-29-37-11-5-6-12-38(37)30-45(44)50-47(43)48-46/h1-30H. The van der Waals surface area contributed by atoms with Crippen molar-refractivity contribution in [2.45, 2.75) is 0 Å². The number of rotatable bonds is 5. The van der Waals surface area contributed by atoms with E-state index < -0.39 is 0 Å². The molecule has 0 unspecified atom stereocenters. The predicted octanol–water partition coefficient (Wildman–Crippen LogP) is 13.2. The van der Waals surface area contributed by atoms with Gasteiger partial charge in [0.15, 0.2) is 0 Å². The van der Waals surface area contributed by atoms with Gasteiger partial charge >= 0.3 is 0 Å². The van der Waals surface area contributed by atoms with Crippen LogP contribution in [0.2, 0.25) is 0 Å². The maximum Gasteiger partial charge on any atom is 0.229 e. The third kappa shape index (κ3) is 4.87. The molecule has 0 aliphatic rings. The first-order valence-corrected chi connectivity index (χ1v) is 16.9. The van der Waals surface area contributed by atoms with Gasteiger partial charge in [0.1, 0.15) is 11.4 Å². The van der Waals surface area contributed by atoms with Gasteiger partial charge in [-0.3, -0.25) is 4.90 Å². The Hall–Kier alpha value is -6.71. The summed E-state index contributed by atoms with van der Waals surface area (Å²) < 4.78 is 6.41.